The zero-order valence-corrected chi connectivity index (χ0v) is 12.8. The van der Waals surface area contributed by atoms with Crippen molar-refractivity contribution in [2.24, 2.45) is 0 Å². The van der Waals surface area contributed by atoms with Gasteiger partial charge < -0.3 is 10.3 Å². The molecule has 2 N–H and O–H groups in total. The Bertz CT molecular complexity index is 779. The van der Waals surface area contributed by atoms with E-state index in [1.54, 1.807) is 23.5 Å². The SMILES string of the molecule is Cc1ccsc1-c1onc(N)c1-c1ccc(Cl)c(Cl)c1. The third kappa shape index (κ3) is 2.20. The fourth-order valence-corrected chi connectivity index (χ4v) is 3.20. The Balaban J connectivity index is 2.21. The van der Waals surface area contributed by atoms with Crippen LogP contribution in [0.3, 0.4) is 0 Å². The lowest BCUT2D eigenvalue weighted by Crippen LogP contribution is -1.89. The van der Waals surface area contributed by atoms with Crippen LogP contribution in [0.4, 0.5) is 5.82 Å². The highest BCUT2D eigenvalue weighted by Gasteiger charge is 2.20. The molecule has 20 heavy (non-hydrogen) atoms. The number of hydrogen-bond donors (Lipinski definition) is 1. The van der Waals surface area contributed by atoms with Crippen molar-refractivity contribution in [1.82, 2.24) is 5.16 Å². The summed E-state index contributed by atoms with van der Waals surface area (Å²) in [6.07, 6.45) is 0. The highest BCUT2D eigenvalue weighted by Crippen LogP contribution is 2.41. The van der Waals surface area contributed by atoms with Crippen LogP contribution in [-0.4, -0.2) is 5.16 Å². The fraction of sp³-hybridized carbons (Fsp3) is 0.0714. The predicted molar refractivity (Wildman–Crippen MR) is 84.4 cm³/mol. The number of halogens is 2. The standard InChI is InChI=1S/C14H10Cl2N2OS/c1-7-4-5-20-13(7)12-11(14(17)18-19-12)8-2-3-9(15)10(16)6-8/h2-6H,1H3,(H2,17,18). The molecule has 1 aromatic carbocycles. The number of thiophene rings is 1. The molecule has 0 aliphatic heterocycles. The molecule has 0 atom stereocenters. The van der Waals surface area contributed by atoms with E-state index in [0.717, 1.165) is 21.6 Å². The maximum atomic E-state index is 6.07. The highest BCUT2D eigenvalue weighted by atomic mass is 35.5. The van der Waals surface area contributed by atoms with E-state index in [0.29, 0.717) is 21.6 Å². The predicted octanol–water partition coefficient (Wildman–Crippen LogP) is 5.27. The molecule has 0 aliphatic carbocycles. The zero-order chi connectivity index (χ0) is 14.3. The molecule has 6 heteroatoms. The van der Waals surface area contributed by atoms with E-state index in [-0.39, 0.29) is 0 Å². The minimum Gasteiger partial charge on any atom is -0.380 e. The average Bonchev–Trinajstić information content (AvgIpc) is 2.99. The second-order valence-corrected chi connectivity index (χ2v) is 6.06. The van der Waals surface area contributed by atoms with Gasteiger partial charge in [0.25, 0.3) is 0 Å². The van der Waals surface area contributed by atoms with E-state index in [2.05, 4.69) is 5.16 Å². The third-order valence-electron chi connectivity index (χ3n) is 3.00. The van der Waals surface area contributed by atoms with Crippen molar-refractivity contribution in [3.8, 4) is 21.8 Å². The van der Waals surface area contributed by atoms with Crippen LogP contribution in [-0.2, 0) is 0 Å². The molecule has 0 saturated carbocycles. The molecule has 0 fully saturated rings. The molecule has 2 heterocycles. The molecule has 0 radical (unpaired) electrons. The normalized spacial score (nSPS) is 10.9. The number of rotatable bonds is 2. The van der Waals surface area contributed by atoms with Gasteiger partial charge in [-0.25, -0.2) is 0 Å². The van der Waals surface area contributed by atoms with Crippen LogP contribution in [0, 0.1) is 6.92 Å². The number of hydrogen-bond acceptors (Lipinski definition) is 4. The molecule has 2 aromatic heterocycles. The molecule has 3 rings (SSSR count). The molecular weight excluding hydrogens is 315 g/mol. The van der Waals surface area contributed by atoms with Gasteiger partial charge in [-0.05, 0) is 41.6 Å². The van der Waals surface area contributed by atoms with E-state index >= 15 is 0 Å². The van der Waals surface area contributed by atoms with Crippen molar-refractivity contribution in [2.75, 3.05) is 5.73 Å². The van der Waals surface area contributed by atoms with Gasteiger partial charge in [-0.15, -0.1) is 11.3 Å². The van der Waals surface area contributed by atoms with Crippen molar-refractivity contribution < 1.29 is 4.52 Å². The monoisotopic (exact) mass is 324 g/mol. The lowest BCUT2D eigenvalue weighted by atomic mass is 10.0. The molecular formula is C14H10Cl2N2OS. The molecule has 0 spiro atoms. The van der Waals surface area contributed by atoms with Crippen molar-refractivity contribution in [3.05, 3.63) is 45.3 Å². The van der Waals surface area contributed by atoms with E-state index in [4.69, 9.17) is 33.5 Å². The Labute approximate surface area is 129 Å². The number of anilines is 1. The maximum absolute atomic E-state index is 6.07. The summed E-state index contributed by atoms with van der Waals surface area (Å²) in [4.78, 5) is 1.01. The molecule has 102 valence electrons. The van der Waals surface area contributed by atoms with Crippen LogP contribution in [0.2, 0.25) is 10.0 Å². The topological polar surface area (TPSA) is 52.0 Å². The Morgan fingerprint density at radius 2 is 2.00 bits per heavy atom. The summed E-state index contributed by atoms with van der Waals surface area (Å²) in [7, 11) is 0. The average molecular weight is 325 g/mol. The third-order valence-corrected chi connectivity index (χ3v) is 4.75. The van der Waals surface area contributed by atoms with E-state index in [1.165, 1.54) is 0 Å². The lowest BCUT2D eigenvalue weighted by Gasteiger charge is -2.04. The van der Waals surface area contributed by atoms with Crippen LogP contribution < -0.4 is 5.73 Å². The van der Waals surface area contributed by atoms with Crippen molar-refractivity contribution in [1.29, 1.82) is 0 Å². The summed E-state index contributed by atoms with van der Waals surface area (Å²) >= 11 is 13.6. The molecule has 0 aliphatic rings. The highest BCUT2D eigenvalue weighted by molar-refractivity contribution is 7.13. The van der Waals surface area contributed by atoms with Gasteiger partial charge in [0.05, 0.1) is 20.5 Å². The van der Waals surface area contributed by atoms with Gasteiger partial charge >= 0.3 is 0 Å². The molecule has 0 bridgehead atoms. The fourth-order valence-electron chi connectivity index (χ4n) is 1.99. The number of nitrogens with two attached hydrogens (primary N) is 1. The van der Waals surface area contributed by atoms with E-state index in [9.17, 15) is 0 Å². The van der Waals surface area contributed by atoms with Crippen LogP contribution in [0.25, 0.3) is 21.8 Å². The quantitative estimate of drug-likeness (QED) is 0.698. The first kappa shape index (κ1) is 13.5. The summed E-state index contributed by atoms with van der Waals surface area (Å²) in [5.41, 5.74) is 8.64. The molecule has 0 saturated heterocycles. The number of nitrogens with zero attached hydrogens (tertiary/aromatic N) is 1. The van der Waals surface area contributed by atoms with Crippen LogP contribution in [0.15, 0.2) is 34.2 Å². The minimum absolute atomic E-state index is 0.339. The van der Waals surface area contributed by atoms with Gasteiger partial charge in [0, 0.05) is 0 Å². The van der Waals surface area contributed by atoms with Crippen molar-refractivity contribution >= 4 is 40.4 Å². The van der Waals surface area contributed by atoms with Gasteiger partial charge in [0.2, 0.25) is 0 Å². The molecule has 0 unspecified atom stereocenters. The number of benzene rings is 1. The van der Waals surface area contributed by atoms with Crippen LogP contribution >= 0.6 is 34.5 Å². The first-order valence-electron chi connectivity index (χ1n) is 5.83. The van der Waals surface area contributed by atoms with Crippen LogP contribution in [0.1, 0.15) is 5.56 Å². The van der Waals surface area contributed by atoms with Gasteiger partial charge in [-0.2, -0.15) is 0 Å². The van der Waals surface area contributed by atoms with Crippen molar-refractivity contribution in [2.45, 2.75) is 6.92 Å². The summed E-state index contributed by atoms with van der Waals surface area (Å²) in [5, 5.41) is 6.85. The second kappa shape index (κ2) is 5.13. The van der Waals surface area contributed by atoms with Crippen molar-refractivity contribution in [3.63, 3.8) is 0 Å². The lowest BCUT2D eigenvalue weighted by molar-refractivity contribution is 0.437. The van der Waals surface area contributed by atoms with Gasteiger partial charge in [-0.1, -0.05) is 34.4 Å². The summed E-state index contributed by atoms with van der Waals surface area (Å²) < 4.78 is 5.40. The van der Waals surface area contributed by atoms with Gasteiger partial charge in [0.1, 0.15) is 0 Å². The summed E-state index contributed by atoms with van der Waals surface area (Å²) in [6, 6.07) is 7.37. The molecule has 3 aromatic rings. The maximum Gasteiger partial charge on any atom is 0.187 e. The smallest absolute Gasteiger partial charge is 0.187 e. The van der Waals surface area contributed by atoms with Gasteiger partial charge in [0.15, 0.2) is 11.6 Å². The minimum atomic E-state index is 0.339. The first-order valence-corrected chi connectivity index (χ1v) is 7.46. The number of aryl methyl sites for hydroxylation is 1. The van der Waals surface area contributed by atoms with Gasteiger partial charge in [-0.3, -0.25) is 0 Å². The first-order chi connectivity index (χ1) is 9.58. The number of aromatic nitrogens is 1. The Morgan fingerprint density at radius 1 is 1.20 bits per heavy atom. The molecule has 0 amide bonds. The number of nitrogen functional groups attached to an aromatic ring is 1. The van der Waals surface area contributed by atoms with Crippen LogP contribution in [0.5, 0.6) is 0 Å². The summed E-state index contributed by atoms with van der Waals surface area (Å²) in [5.74, 6) is 1.000. The zero-order valence-electron chi connectivity index (χ0n) is 10.5. The molecule has 3 nitrogen and oxygen atoms in total. The van der Waals surface area contributed by atoms with E-state index in [1.807, 2.05) is 24.4 Å². The Kier molecular flexibility index (Phi) is 3.46. The Hall–Kier alpha value is -1.49. The second-order valence-electron chi connectivity index (χ2n) is 4.33. The summed E-state index contributed by atoms with van der Waals surface area (Å²) in [6.45, 7) is 2.02. The Morgan fingerprint density at radius 3 is 2.65 bits per heavy atom. The van der Waals surface area contributed by atoms with E-state index < -0.39 is 0 Å². The largest absolute Gasteiger partial charge is 0.380 e.